The van der Waals surface area contributed by atoms with Crippen LogP contribution in [0.5, 0.6) is 0 Å². The van der Waals surface area contributed by atoms with Crippen molar-refractivity contribution in [3.63, 3.8) is 0 Å². The number of carbonyl (C=O) groups excluding carboxylic acids is 1. The van der Waals surface area contributed by atoms with E-state index in [1.165, 1.54) is 0 Å². The Morgan fingerprint density at radius 2 is 2.26 bits per heavy atom. The summed E-state index contributed by atoms with van der Waals surface area (Å²) in [5.74, 6) is 0.537. The molecular weight excluding hydrogens is 240 g/mol. The third-order valence-electron chi connectivity index (χ3n) is 3.03. The van der Waals surface area contributed by atoms with Crippen molar-refractivity contribution in [2.45, 2.75) is 19.3 Å². The summed E-state index contributed by atoms with van der Waals surface area (Å²) in [6, 6.07) is 7.48. The maximum atomic E-state index is 12.0. The number of hydrogen-bond acceptors (Lipinski definition) is 3. The van der Waals surface area contributed by atoms with Crippen molar-refractivity contribution in [3.05, 3.63) is 42.4 Å². The predicted octanol–water partition coefficient (Wildman–Crippen LogP) is 1.98. The number of carbonyl (C=O) groups is 1. The van der Waals surface area contributed by atoms with Crippen molar-refractivity contribution < 1.29 is 4.79 Å². The number of nitrogens with zero attached hydrogens (tertiary/aromatic N) is 2. The van der Waals surface area contributed by atoms with E-state index in [1.807, 2.05) is 18.3 Å². The number of pyridine rings is 1. The Kier molecular flexibility index (Phi) is 4.18. The van der Waals surface area contributed by atoms with Crippen LogP contribution >= 0.6 is 0 Å². The molecule has 2 aromatic heterocycles. The van der Waals surface area contributed by atoms with Crippen molar-refractivity contribution in [1.82, 2.24) is 9.97 Å². The fourth-order valence-electron chi connectivity index (χ4n) is 1.86. The average Bonchev–Trinajstić information content (AvgIpc) is 2.92. The Hall–Kier alpha value is -2.30. The lowest BCUT2D eigenvalue weighted by molar-refractivity contribution is -0.118. The van der Waals surface area contributed by atoms with Crippen LogP contribution in [0, 0.1) is 0 Å². The number of hydrogen-bond donors (Lipinski definition) is 2. The zero-order valence-corrected chi connectivity index (χ0v) is 11.0. The molecule has 0 bridgehead atoms. The molecule has 2 rings (SSSR count). The smallest absolute Gasteiger partial charge is 0.226 e. The second kappa shape index (κ2) is 6.04. The van der Waals surface area contributed by atoms with E-state index in [1.54, 1.807) is 30.3 Å². The van der Waals surface area contributed by atoms with Crippen molar-refractivity contribution in [1.29, 1.82) is 0 Å². The molecule has 0 spiro atoms. The fourth-order valence-corrected chi connectivity index (χ4v) is 1.86. The summed E-state index contributed by atoms with van der Waals surface area (Å²) in [7, 11) is 1.75. The highest BCUT2D eigenvalue weighted by atomic mass is 16.2. The zero-order chi connectivity index (χ0) is 13.7. The van der Waals surface area contributed by atoms with Gasteiger partial charge in [0.15, 0.2) is 0 Å². The van der Waals surface area contributed by atoms with Gasteiger partial charge in [-0.15, -0.1) is 0 Å². The van der Waals surface area contributed by atoms with Crippen LogP contribution in [0.3, 0.4) is 0 Å². The Labute approximate surface area is 112 Å². The molecule has 19 heavy (non-hydrogen) atoms. The van der Waals surface area contributed by atoms with Crippen LogP contribution in [0.25, 0.3) is 0 Å². The molecule has 0 saturated carbocycles. The van der Waals surface area contributed by atoms with Gasteiger partial charge < -0.3 is 15.6 Å². The normalized spacial score (nSPS) is 10.4. The molecule has 5 nitrogen and oxygen atoms in total. The van der Waals surface area contributed by atoms with Gasteiger partial charge in [0.1, 0.15) is 5.82 Å². The molecule has 100 valence electrons. The summed E-state index contributed by atoms with van der Waals surface area (Å²) >= 11 is 0. The van der Waals surface area contributed by atoms with Crippen molar-refractivity contribution in [2.24, 2.45) is 0 Å². The maximum Gasteiger partial charge on any atom is 0.226 e. The highest BCUT2D eigenvalue weighted by Gasteiger charge is 2.10. The van der Waals surface area contributed by atoms with Crippen molar-refractivity contribution >= 4 is 17.4 Å². The molecule has 5 heteroatoms. The molecule has 0 aliphatic heterocycles. The standard InChI is InChI=1S/C14H18N4O/c1-18(12-7-8-13(15)17-10-12)14(19)6-2-4-11-5-3-9-16-11/h3,5,7-10,16H,2,4,6H2,1H3,(H2,15,17). The van der Waals surface area contributed by atoms with E-state index in [9.17, 15) is 4.79 Å². The van der Waals surface area contributed by atoms with Crippen LogP contribution in [0.4, 0.5) is 11.5 Å². The van der Waals surface area contributed by atoms with Gasteiger partial charge in [0, 0.05) is 25.4 Å². The summed E-state index contributed by atoms with van der Waals surface area (Å²) in [5, 5.41) is 0. The Balaban J connectivity index is 1.83. The second-order valence-electron chi connectivity index (χ2n) is 4.44. The highest BCUT2D eigenvalue weighted by Crippen LogP contribution is 2.14. The van der Waals surface area contributed by atoms with Gasteiger partial charge >= 0.3 is 0 Å². The molecular formula is C14H18N4O. The molecule has 2 heterocycles. The monoisotopic (exact) mass is 258 g/mol. The van der Waals surface area contributed by atoms with Crippen LogP contribution in [0.2, 0.25) is 0 Å². The number of aromatic amines is 1. The van der Waals surface area contributed by atoms with Crippen molar-refractivity contribution in [3.8, 4) is 0 Å². The molecule has 0 fully saturated rings. The number of anilines is 2. The molecule has 0 radical (unpaired) electrons. The lowest BCUT2D eigenvalue weighted by Crippen LogP contribution is -2.26. The third kappa shape index (κ3) is 3.58. The number of rotatable bonds is 5. The SMILES string of the molecule is CN(C(=O)CCCc1ccc[nH]1)c1ccc(N)nc1. The van der Waals surface area contributed by atoms with E-state index >= 15 is 0 Å². The maximum absolute atomic E-state index is 12.0. The summed E-state index contributed by atoms with van der Waals surface area (Å²) in [6.07, 6.45) is 5.72. The first-order chi connectivity index (χ1) is 9.16. The lowest BCUT2D eigenvalue weighted by atomic mass is 10.2. The molecule has 3 N–H and O–H groups in total. The summed E-state index contributed by atoms with van der Waals surface area (Å²) in [6.45, 7) is 0. The Bertz CT molecular complexity index is 519. The summed E-state index contributed by atoms with van der Waals surface area (Å²) in [5.41, 5.74) is 7.44. The minimum Gasteiger partial charge on any atom is -0.384 e. The minimum absolute atomic E-state index is 0.0816. The first kappa shape index (κ1) is 13.1. The van der Waals surface area contributed by atoms with Crippen LogP contribution in [0.1, 0.15) is 18.5 Å². The Morgan fingerprint density at radius 1 is 1.42 bits per heavy atom. The fraction of sp³-hybridized carbons (Fsp3) is 0.286. The minimum atomic E-state index is 0.0816. The van der Waals surface area contributed by atoms with E-state index < -0.39 is 0 Å². The van der Waals surface area contributed by atoms with E-state index in [2.05, 4.69) is 9.97 Å². The van der Waals surface area contributed by atoms with Gasteiger partial charge in [-0.25, -0.2) is 4.98 Å². The molecule has 0 aliphatic carbocycles. The molecule has 0 saturated heterocycles. The van der Waals surface area contributed by atoms with Crippen LogP contribution in [-0.2, 0) is 11.2 Å². The lowest BCUT2D eigenvalue weighted by Gasteiger charge is -2.16. The number of aryl methyl sites for hydroxylation is 1. The quantitative estimate of drug-likeness (QED) is 0.861. The van der Waals surface area contributed by atoms with Gasteiger partial charge in [-0.3, -0.25) is 4.79 Å². The van der Waals surface area contributed by atoms with Crippen LogP contribution in [0.15, 0.2) is 36.7 Å². The first-order valence-corrected chi connectivity index (χ1v) is 6.27. The van der Waals surface area contributed by atoms with E-state index in [-0.39, 0.29) is 5.91 Å². The number of nitrogen functional groups attached to an aromatic ring is 1. The number of nitrogens with two attached hydrogens (primary N) is 1. The Morgan fingerprint density at radius 3 is 2.89 bits per heavy atom. The molecule has 2 aromatic rings. The molecule has 1 amide bonds. The average molecular weight is 258 g/mol. The highest BCUT2D eigenvalue weighted by molar-refractivity contribution is 5.92. The predicted molar refractivity (Wildman–Crippen MR) is 75.8 cm³/mol. The number of nitrogens with one attached hydrogen (secondary N) is 1. The molecule has 0 aromatic carbocycles. The molecule has 0 atom stereocenters. The first-order valence-electron chi connectivity index (χ1n) is 6.27. The van der Waals surface area contributed by atoms with Gasteiger partial charge in [-0.2, -0.15) is 0 Å². The molecule has 0 unspecified atom stereocenters. The largest absolute Gasteiger partial charge is 0.384 e. The van der Waals surface area contributed by atoms with Crippen molar-refractivity contribution in [2.75, 3.05) is 17.7 Å². The van der Waals surface area contributed by atoms with Gasteiger partial charge in [0.2, 0.25) is 5.91 Å². The summed E-state index contributed by atoms with van der Waals surface area (Å²) < 4.78 is 0. The van der Waals surface area contributed by atoms with Gasteiger partial charge in [0.25, 0.3) is 0 Å². The molecule has 0 aliphatic rings. The van der Waals surface area contributed by atoms with Gasteiger partial charge in [0.05, 0.1) is 11.9 Å². The third-order valence-corrected chi connectivity index (χ3v) is 3.03. The summed E-state index contributed by atoms with van der Waals surface area (Å²) in [4.78, 5) is 20.7. The van der Waals surface area contributed by atoms with Gasteiger partial charge in [-0.1, -0.05) is 0 Å². The number of aromatic nitrogens is 2. The van der Waals surface area contributed by atoms with E-state index in [0.29, 0.717) is 12.2 Å². The topological polar surface area (TPSA) is 75.0 Å². The van der Waals surface area contributed by atoms with Crippen LogP contribution in [-0.4, -0.2) is 22.9 Å². The number of amides is 1. The van der Waals surface area contributed by atoms with Crippen LogP contribution < -0.4 is 10.6 Å². The van der Waals surface area contributed by atoms with E-state index in [4.69, 9.17) is 5.73 Å². The van der Waals surface area contributed by atoms with E-state index in [0.717, 1.165) is 24.2 Å². The van der Waals surface area contributed by atoms with Gasteiger partial charge in [-0.05, 0) is 37.1 Å². The number of H-pyrrole nitrogens is 1. The zero-order valence-electron chi connectivity index (χ0n) is 11.0. The second-order valence-corrected chi connectivity index (χ2v) is 4.44.